The number of carbonyl (C=O) groups excluding carboxylic acids is 2. The fourth-order valence-corrected chi connectivity index (χ4v) is 2.48. The third kappa shape index (κ3) is 6.57. The van der Waals surface area contributed by atoms with Crippen molar-refractivity contribution in [2.45, 2.75) is 20.0 Å². The molecule has 0 atom stereocenters. The Morgan fingerprint density at radius 2 is 1.31 bits per heavy atom. The molecule has 10 heteroatoms. The fourth-order valence-electron chi connectivity index (χ4n) is 2.48. The lowest BCUT2D eigenvalue weighted by atomic mass is 10.1. The van der Waals surface area contributed by atoms with Gasteiger partial charge in [-0.25, -0.2) is 0 Å². The summed E-state index contributed by atoms with van der Waals surface area (Å²) < 4.78 is 0. The molecule has 7 N–H and O–H groups in total. The number of rotatable bonds is 11. The van der Waals surface area contributed by atoms with Crippen LogP contribution in [-0.4, -0.2) is 69.1 Å². The highest BCUT2D eigenvalue weighted by molar-refractivity contribution is 5.77. The molecule has 0 saturated heterocycles. The number of benzene rings is 1. The maximum absolute atomic E-state index is 11.1. The summed E-state index contributed by atoms with van der Waals surface area (Å²) in [7, 11) is 0. The Morgan fingerprint density at radius 1 is 0.885 bits per heavy atom. The molecule has 1 aromatic carbocycles. The third-order valence-corrected chi connectivity index (χ3v) is 3.67. The number of carboxylic acids is 1. The van der Waals surface area contributed by atoms with Gasteiger partial charge < -0.3 is 26.8 Å². The van der Waals surface area contributed by atoms with Crippen LogP contribution in [-0.2, 0) is 27.5 Å². The molecule has 0 aliphatic heterocycles. The van der Waals surface area contributed by atoms with Crippen molar-refractivity contribution in [3.8, 4) is 11.5 Å². The lowest BCUT2D eigenvalue weighted by Gasteiger charge is -2.22. The minimum Gasteiger partial charge on any atom is -0.504 e. The highest BCUT2D eigenvalue weighted by Crippen LogP contribution is 2.34. The van der Waals surface area contributed by atoms with Crippen LogP contribution in [0.1, 0.15) is 18.1 Å². The second-order valence-corrected chi connectivity index (χ2v) is 5.86. The summed E-state index contributed by atoms with van der Waals surface area (Å²) in [5.74, 6) is -3.17. The highest BCUT2D eigenvalue weighted by Gasteiger charge is 2.19. The number of phenolic OH excluding ortho intramolecular Hbond substituents is 2. The Kier molecular flexibility index (Phi) is 7.81. The number of amides is 2. The van der Waals surface area contributed by atoms with Gasteiger partial charge in [0.15, 0.2) is 11.5 Å². The molecule has 0 fully saturated rings. The van der Waals surface area contributed by atoms with Gasteiger partial charge in [-0.1, -0.05) is 19.1 Å². The van der Waals surface area contributed by atoms with Crippen molar-refractivity contribution in [1.82, 2.24) is 9.80 Å². The van der Waals surface area contributed by atoms with Gasteiger partial charge in [0.1, 0.15) is 0 Å². The van der Waals surface area contributed by atoms with Crippen LogP contribution >= 0.6 is 0 Å². The van der Waals surface area contributed by atoms with Crippen molar-refractivity contribution >= 4 is 17.8 Å². The van der Waals surface area contributed by atoms with E-state index < -0.39 is 30.1 Å². The van der Waals surface area contributed by atoms with Crippen LogP contribution in [0.2, 0.25) is 0 Å². The normalized spacial score (nSPS) is 11.0. The van der Waals surface area contributed by atoms with Crippen molar-refractivity contribution in [1.29, 1.82) is 0 Å². The van der Waals surface area contributed by atoms with Crippen molar-refractivity contribution in [3.63, 3.8) is 0 Å². The van der Waals surface area contributed by atoms with E-state index >= 15 is 0 Å². The van der Waals surface area contributed by atoms with Crippen LogP contribution in [0.25, 0.3) is 0 Å². The van der Waals surface area contributed by atoms with E-state index in [0.717, 1.165) is 0 Å². The van der Waals surface area contributed by atoms with Gasteiger partial charge in [-0.15, -0.1) is 0 Å². The number of hydrogen-bond donors (Lipinski definition) is 5. The number of carboxylic acid groups (broad SMARTS) is 1. The van der Waals surface area contributed by atoms with E-state index in [-0.39, 0.29) is 37.5 Å². The van der Waals surface area contributed by atoms with E-state index in [1.807, 2.05) is 6.92 Å². The Morgan fingerprint density at radius 3 is 1.69 bits per heavy atom. The zero-order valence-corrected chi connectivity index (χ0v) is 14.5. The van der Waals surface area contributed by atoms with Crippen LogP contribution in [0.3, 0.4) is 0 Å². The lowest BCUT2D eigenvalue weighted by Crippen LogP contribution is -2.36. The monoisotopic (exact) mass is 368 g/mol. The van der Waals surface area contributed by atoms with Gasteiger partial charge in [0.25, 0.3) is 0 Å². The number of nitrogens with two attached hydrogens (primary N) is 2. The van der Waals surface area contributed by atoms with Crippen molar-refractivity contribution in [2.75, 3.05) is 26.2 Å². The van der Waals surface area contributed by atoms with Gasteiger partial charge in [-0.3, -0.25) is 24.2 Å². The van der Waals surface area contributed by atoms with Crippen LogP contribution in [0, 0.1) is 0 Å². The van der Waals surface area contributed by atoms with Crippen molar-refractivity contribution in [3.05, 3.63) is 23.3 Å². The maximum Gasteiger partial charge on any atom is 0.317 e. The molecule has 0 saturated carbocycles. The molecule has 1 aromatic rings. The number of carbonyl (C=O) groups is 3. The number of aliphatic carboxylic acids is 1. The van der Waals surface area contributed by atoms with E-state index in [1.165, 1.54) is 11.0 Å². The van der Waals surface area contributed by atoms with Gasteiger partial charge >= 0.3 is 5.97 Å². The number of phenols is 2. The van der Waals surface area contributed by atoms with Gasteiger partial charge in [-0.2, -0.15) is 0 Å². The summed E-state index contributed by atoms with van der Waals surface area (Å²) in [6.45, 7) is 1.68. The van der Waals surface area contributed by atoms with E-state index in [2.05, 4.69) is 0 Å². The van der Waals surface area contributed by atoms with E-state index in [0.29, 0.717) is 12.1 Å². The summed E-state index contributed by atoms with van der Waals surface area (Å²) in [6, 6.07) is 3.07. The number of likely N-dealkylation sites (N-methyl/N-ethyl adjacent to an activating group) is 1. The molecule has 10 nitrogen and oxygen atoms in total. The fraction of sp³-hybridized carbons (Fsp3) is 0.438. The summed E-state index contributed by atoms with van der Waals surface area (Å²) in [6.07, 6.45) is 0. The number of hydrogen-bond acceptors (Lipinski definition) is 7. The number of primary amides is 2. The molecule has 144 valence electrons. The van der Waals surface area contributed by atoms with Gasteiger partial charge in [0.05, 0.1) is 19.6 Å². The van der Waals surface area contributed by atoms with Crippen LogP contribution in [0.4, 0.5) is 0 Å². The number of nitrogens with zero attached hydrogens (tertiary/aromatic N) is 2. The summed E-state index contributed by atoms with van der Waals surface area (Å²) in [4.78, 5) is 35.9. The van der Waals surface area contributed by atoms with Gasteiger partial charge in [0.2, 0.25) is 11.8 Å². The smallest absolute Gasteiger partial charge is 0.317 e. The Hall–Kier alpha value is -2.85. The van der Waals surface area contributed by atoms with E-state index in [1.54, 1.807) is 11.0 Å². The largest absolute Gasteiger partial charge is 0.504 e. The summed E-state index contributed by atoms with van der Waals surface area (Å²) >= 11 is 0. The Balaban J connectivity index is 2.98. The Bertz CT molecular complexity index is 663. The summed E-state index contributed by atoms with van der Waals surface area (Å²) in [5.41, 5.74) is 10.9. The molecule has 0 aromatic heterocycles. The first-order chi connectivity index (χ1) is 12.1. The van der Waals surface area contributed by atoms with Crippen molar-refractivity contribution < 1.29 is 29.7 Å². The highest BCUT2D eigenvalue weighted by atomic mass is 16.4. The topological polar surface area (TPSA) is 170 Å². The van der Waals surface area contributed by atoms with E-state index in [4.69, 9.17) is 16.6 Å². The van der Waals surface area contributed by atoms with Crippen molar-refractivity contribution in [2.24, 2.45) is 11.5 Å². The molecule has 0 radical (unpaired) electrons. The first-order valence-corrected chi connectivity index (χ1v) is 7.89. The zero-order valence-electron chi connectivity index (χ0n) is 14.5. The molecule has 1 rings (SSSR count). The summed E-state index contributed by atoms with van der Waals surface area (Å²) in [5, 5.41) is 29.3. The minimum absolute atomic E-state index is 0.00343. The molecule has 0 bridgehead atoms. The van der Waals surface area contributed by atoms with Gasteiger partial charge in [0, 0.05) is 24.2 Å². The minimum atomic E-state index is -1.16. The third-order valence-electron chi connectivity index (χ3n) is 3.67. The van der Waals surface area contributed by atoms with Crippen LogP contribution in [0.5, 0.6) is 11.5 Å². The molecule has 2 amide bonds. The van der Waals surface area contributed by atoms with E-state index in [9.17, 15) is 24.6 Å². The zero-order chi connectivity index (χ0) is 19.9. The molecular formula is C16H24N4O6. The molecule has 0 spiro atoms. The SMILES string of the molecule is CCN(CC(N)=O)Cc1ccc(CN(CC(N)=O)CC(=O)O)c(O)c1O. The molecule has 0 aliphatic carbocycles. The van der Waals surface area contributed by atoms with Crippen LogP contribution < -0.4 is 11.5 Å². The average molecular weight is 368 g/mol. The second-order valence-electron chi connectivity index (χ2n) is 5.86. The lowest BCUT2D eigenvalue weighted by molar-refractivity contribution is -0.138. The molecule has 26 heavy (non-hydrogen) atoms. The predicted molar refractivity (Wildman–Crippen MR) is 92.0 cm³/mol. The molecule has 0 aliphatic rings. The first-order valence-electron chi connectivity index (χ1n) is 7.89. The number of aromatic hydroxyl groups is 2. The predicted octanol–water partition coefficient (Wildman–Crippen LogP) is -1.22. The second kappa shape index (κ2) is 9.59. The molecular weight excluding hydrogens is 344 g/mol. The quantitative estimate of drug-likeness (QED) is 0.302. The average Bonchev–Trinajstić information content (AvgIpc) is 2.51. The molecule has 0 heterocycles. The standard InChI is InChI=1S/C16H24N4O6/c1-2-19(7-12(17)21)5-10-3-4-11(16(26)15(10)25)6-20(8-13(18)22)9-14(23)24/h3-4,25-26H,2,5-9H2,1H3,(H2,17,21)(H2,18,22)(H,23,24). The van der Waals surface area contributed by atoms with Gasteiger partial charge in [-0.05, 0) is 6.54 Å². The molecule has 0 unspecified atom stereocenters. The van der Waals surface area contributed by atoms with Crippen LogP contribution in [0.15, 0.2) is 12.1 Å². The maximum atomic E-state index is 11.1. The Labute approximate surface area is 150 Å². The first kappa shape index (κ1) is 21.2.